The molecule has 0 radical (unpaired) electrons. The molecule has 0 amide bonds. The first-order valence-electron chi connectivity index (χ1n) is 4.23. The first kappa shape index (κ1) is 10.1. The lowest BCUT2D eigenvalue weighted by atomic mass is 9.99. The summed E-state index contributed by atoms with van der Waals surface area (Å²) < 4.78 is 10.3. The van der Waals surface area contributed by atoms with Gasteiger partial charge in [0.25, 0.3) is 5.17 Å². The Bertz CT molecular complexity index is 250. The molecule has 0 aliphatic carbocycles. The largest absolute Gasteiger partial charge is 0.460 e. The summed E-state index contributed by atoms with van der Waals surface area (Å²) >= 11 is 4.73. The van der Waals surface area contributed by atoms with E-state index < -0.39 is 30.6 Å². The predicted octanol–water partition coefficient (Wildman–Crippen LogP) is -2.30. The van der Waals surface area contributed by atoms with Crippen LogP contribution < -0.4 is 5.32 Å². The maximum atomic E-state index is 9.60. The Morgan fingerprint density at radius 3 is 2.71 bits per heavy atom. The van der Waals surface area contributed by atoms with Gasteiger partial charge >= 0.3 is 0 Å². The smallest absolute Gasteiger partial charge is 0.259 e. The molecule has 2 heterocycles. The summed E-state index contributed by atoms with van der Waals surface area (Å²) in [7, 11) is 0. The Morgan fingerprint density at radius 2 is 2.07 bits per heavy atom. The minimum Gasteiger partial charge on any atom is -0.460 e. The highest BCUT2D eigenvalue weighted by atomic mass is 32.1. The van der Waals surface area contributed by atoms with Crippen molar-refractivity contribution < 1.29 is 24.8 Å². The maximum Gasteiger partial charge on any atom is 0.259 e. The molecule has 5 atom stereocenters. The molecule has 2 aliphatic heterocycles. The SMILES string of the molecule is OC[C@@H]1O[C@H]2NC(=S)O[C@@H]2[C@@H](O)[C@H]1O. The van der Waals surface area contributed by atoms with E-state index in [0.29, 0.717) is 0 Å². The van der Waals surface area contributed by atoms with Crippen molar-refractivity contribution in [2.75, 3.05) is 6.61 Å². The van der Waals surface area contributed by atoms with Gasteiger partial charge in [-0.15, -0.1) is 0 Å². The number of aliphatic hydroxyl groups excluding tert-OH is 3. The van der Waals surface area contributed by atoms with Crippen molar-refractivity contribution in [3.05, 3.63) is 0 Å². The molecule has 0 saturated carbocycles. The van der Waals surface area contributed by atoms with E-state index in [-0.39, 0.29) is 11.8 Å². The second kappa shape index (κ2) is 3.59. The van der Waals surface area contributed by atoms with Crippen LogP contribution in [0.4, 0.5) is 0 Å². The highest BCUT2D eigenvalue weighted by Gasteiger charge is 2.49. The maximum absolute atomic E-state index is 9.60. The molecule has 14 heavy (non-hydrogen) atoms. The number of rotatable bonds is 1. The van der Waals surface area contributed by atoms with Gasteiger partial charge in [-0.3, -0.25) is 0 Å². The van der Waals surface area contributed by atoms with Crippen molar-refractivity contribution in [1.82, 2.24) is 5.32 Å². The lowest BCUT2D eigenvalue weighted by Crippen LogP contribution is -2.59. The zero-order chi connectivity index (χ0) is 10.3. The van der Waals surface area contributed by atoms with Crippen molar-refractivity contribution >= 4 is 17.4 Å². The second-order valence-electron chi connectivity index (χ2n) is 3.27. The fourth-order valence-electron chi connectivity index (χ4n) is 1.61. The Morgan fingerprint density at radius 1 is 1.36 bits per heavy atom. The summed E-state index contributed by atoms with van der Waals surface area (Å²) in [6, 6.07) is 0. The Hall–Kier alpha value is -0.470. The van der Waals surface area contributed by atoms with Crippen LogP contribution in [0.2, 0.25) is 0 Å². The average molecular weight is 221 g/mol. The standard InChI is InChI=1S/C7H11NO5S/c9-1-2-3(10)4(11)5-6(12-2)8-7(14)13-5/h2-6,9-11H,1H2,(H,8,14)/t2-,3-,4-,5+,6+/m0/s1. The molecule has 0 unspecified atom stereocenters. The van der Waals surface area contributed by atoms with Crippen molar-refractivity contribution in [1.29, 1.82) is 0 Å². The van der Waals surface area contributed by atoms with Gasteiger partial charge in [0.1, 0.15) is 18.3 Å². The molecule has 0 aromatic heterocycles. The fraction of sp³-hybridized carbons (Fsp3) is 0.857. The Labute approximate surface area is 85.4 Å². The number of fused-ring (bicyclic) bond motifs is 1. The summed E-state index contributed by atoms with van der Waals surface area (Å²) in [5, 5.41) is 30.8. The van der Waals surface area contributed by atoms with Crippen molar-refractivity contribution in [3.63, 3.8) is 0 Å². The molecule has 2 rings (SSSR count). The van der Waals surface area contributed by atoms with Crippen molar-refractivity contribution in [2.45, 2.75) is 30.6 Å². The first-order chi connectivity index (χ1) is 6.63. The number of hydrogen-bond acceptors (Lipinski definition) is 6. The number of thiocarbonyl (C=S) groups is 1. The van der Waals surface area contributed by atoms with Crippen LogP contribution in [0, 0.1) is 0 Å². The van der Waals surface area contributed by atoms with Crippen LogP contribution >= 0.6 is 12.2 Å². The number of hydrogen-bond donors (Lipinski definition) is 4. The molecule has 0 spiro atoms. The highest BCUT2D eigenvalue weighted by Crippen LogP contribution is 2.25. The molecule has 2 saturated heterocycles. The van der Waals surface area contributed by atoms with Crippen LogP contribution in [-0.2, 0) is 9.47 Å². The molecule has 0 bridgehead atoms. The van der Waals surface area contributed by atoms with E-state index in [4.69, 9.17) is 26.8 Å². The van der Waals surface area contributed by atoms with Crippen LogP contribution in [0.1, 0.15) is 0 Å². The van der Waals surface area contributed by atoms with E-state index in [0.717, 1.165) is 0 Å². The van der Waals surface area contributed by atoms with Crippen molar-refractivity contribution in [2.24, 2.45) is 0 Å². The van der Waals surface area contributed by atoms with Gasteiger partial charge in [0.05, 0.1) is 6.61 Å². The number of aliphatic hydroxyl groups is 3. The summed E-state index contributed by atoms with van der Waals surface area (Å²) in [5.41, 5.74) is 0. The predicted molar refractivity (Wildman–Crippen MR) is 48.4 cm³/mol. The second-order valence-corrected chi connectivity index (χ2v) is 3.64. The molecular weight excluding hydrogens is 210 g/mol. The lowest BCUT2D eigenvalue weighted by Gasteiger charge is -2.37. The minimum atomic E-state index is -1.16. The van der Waals surface area contributed by atoms with E-state index in [1.165, 1.54) is 0 Å². The van der Waals surface area contributed by atoms with Gasteiger partial charge in [0, 0.05) is 0 Å². The van der Waals surface area contributed by atoms with Gasteiger partial charge in [0.15, 0.2) is 12.3 Å². The van der Waals surface area contributed by atoms with E-state index in [9.17, 15) is 10.2 Å². The molecule has 4 N–H and O–H groups in total. The van der Waals surface area contributed by atoms with E-state index in [2.05, 4.69) is 5.32 Å². The number of ether oxygens (including phenoxy) is 2. The zero-order valence-corrected chi connectivity index (χ0v) is 7.98. The van der Waals surface area contributed by atoms with Gasteiger partial charge < -0.3 is 30.1 Å². The van der Waals surface area contributed by atoms with Crippen LogP contribution in [0.25, 0.3) is 0 Å². The van der Waals surface area contributed by atoms with Crippen LogP contribution in [0.15, 0.2) is 0 Å². The molecule has 2 aliphatic rings. The topological polar surface area (TPSA) is 91.2 Å². The monoisotopic (exact) mass is 221 g/mol. The molecule has 6 nitrogen and oxygen atoms in total. The summed E-state index contributed by atoms with van der Waals surface area (Å²) in [4.78, 5) is 0. The third-order valence-electron chi connectivity index (χ3n) is 2.37. The molecule has 0 aromatic rings. The summed E-state index contributed by atoms with van der Waals surface area (Å²) in [5.74, 6) is 0. The fourth-order valence-corrected chi connectivity index (χ4v) is 1.84. The number of nitrogens with one attached hydrogen (secondary N) is 1. The van der Waals surface area contributed by atoms with Gasteiger partial charge in [-0.05, 0) is 12.2 Å². The Kier molecular flexibility index (Phi) is 2.58. The van der Waals surface area contributed by atoms with Crippen LogP contribution in [0.3, 0.4) is 0 Å². The van der Waals surface area contributed by atoms with E-state index >= 15 is 0 Å². The average Bonchev–Trinajstić information content (AvgIpc) is 2.52. The molecule has 7 heteroatoms. The van der Waals surface area contributed by atoms with Gasteiger partial charge in [0.2, 0.25) is 0 Å². The lowest BCUT2D eigenvalue weighted by molar-refractivity contribution is -0.214. The normalized spacial score (nSPS) is 46.8. The van der Waals surface area contributed by atoms with E-state index in [1.54, 1.807) is 0 Å². The van der Waals surface area contributed by atoms with Crippen molar-refractivity contribution in [3.8, 4) is 0 Å². The van der Waals surface area contributed by atoms with Crippen LogP contribution in [0.5, 0.6) is 0 Å². The van der Waals surface area contributed by atoms with Gasteiger partial charge in [-0.25, -0.2) is 0 Å². The minimum absolute atomic E-state index is 0.129. The zero-order valence-electron chi connectivity index (χ0n) is 7.16. The van der Waals surface area contributed by atoms with Gasteiger partial charge in [-0.1, -0.05) is 0 Å². The first-order valence-corrected chi connectivity index (χ1v) is 4.64. The Balaban J connectivity index is 2.13. The van der Waals surface area contributed by atoms with E-state index in [1.807, 2.05) is 0 Å². The summed E-state index contributed by atoms with van der Waals surface area (Å²) in [6.45, 7) is -0.365. The third-order valence-corrected chi connectivity index (χ3v) is 2.58. The molecular formula is C7H11NO5S. The molecule has 0 aromatic carbocycles. The molecule has 80 valence electrons. The van der Waals surface area contributed by atoms with Gasteiger partial charge in [-0.2, -0.15) is 0 Å². The summed E-state index contributed by atoms with van der Waals surface area (Å²) in [6.07, 6.45) is -4.40. The molecule has 2 fully saturated rings. The quantitative estimate of drug-likeness (QED) is 0.370. The highest BCUT2D eigenvalue weighted by molar-refractivity contribution is 7.80. The van der Waals surface area contributed by atoms with Crippen LogP contribution in [-0.4, -0.2) is 57.7 Å². The third kappa shape index (κ3) is 1.47.